The van der Waals surface area contributed by atoms with Crippen LogP contribution in [0.25, 0.3) is 0 Å². The Morgan fingerprint density at radius 1 is 1.29 bits per heavy atom. The van der Waals surface area contributed by atoms with Crippen LogP contribution in [0.2, 0.25) is 5.02 Å². The van der Waals surface area contributed by atoms with Gasteiger partial charge in [-0.3, -0.25) is 4.79 Å². The number of benzene rings is 2. The van der Waals surface area contributed by atoms with Crippen LogP contribution in [-0.4, -0.2) is 18.2 Å². The molecule has 1 aliphatic heterocycles. The van der Waals surface area contributed by atoms with E-state index in [-0.39, 0.29) is 5.91 Å². The van der Waals surface area contributed by atoms with Gasteiger partial charge in [-0.25, -0.2) is 0 Å². The Kier molecular flexibility index (Phi) is 4.15. The van der Waals surface area contributed by atoms with Crippen molar-refractivity contribution in [1.29, 1.82) is 0 Å². The van der Waals surface area contributed by atoms with Crippen molar-refractivity contribution in [2.24, 2.45) is 0 Å². The van der Waals surface area contributed by atoms with E-state index in [2.05, 4.69) is 15.9 Å². The minimum Gasteiger partial charge on any atom is -0.399 e. The fourth-order valence-electron chi connectivity index (χ4n) is 2.25. The van der Waals surface area contributed by atoms with Gasteiger partial charge < -0.3 is 10.6 Å². The summed E-state index contributed by atoms with van der Waals surface area (Å²) in [6, 6.07) is 10.9. The smallest absolute Gasteiger partial charge is 0.259 e. The van der Waals surface area contributed by atoms with E-state index in [4.69, 9.17) is 17.3 Å². The minimum absolute atomic E-state index is 0.0975. The average molecular weight is 384 g/mol. The molecule has 0 saturated heterocycles. The van der Waals surface area contributed by atoms with Crippen molar-refractivity contribution in [1.82, 2.24) is 0 Å². The third-order valence-electron chi connectivity index (χ3n) is 3.25. The number of hydrogen-bond donors (Lipinski definition) is 1. The molecule has 0 unspecified atom stereocenters. The fraction of sp³-hybridized carbons (Fsp3) is 0.133. The summed E-state index contributed by atoms with van der Waals surface area (Å²) in [6.07, 6.45) is 0. The van der Waals surface area contributed by atoms with E-state index in [0.717, 1.165) is 20.8 Å². The molecule has 3 rings (SSSR count). The van der Waals surface area contributed by atoms with Crippen molar-refractivity contribution in [2.75, 3.05) is 22.9 Å². The van der Waals surface area contributed by atoms with E-state index in [1.54, 1.807) is 28.8 Å². The van der Waals surface area contributed by atoms with Gasteiger partial charge in [0.15, 0.2) is 0 Å². The predicted molar refractivity (Wildman–Crippen MR) is 92.4 cm³/mol. The van der Waals surface area contributed by atoms with Crippen LogP contribution >= 0.6 is 39.3 Å². The lowest BCUT2D eigenvalue weighted by atomic mass is 10.1. The summed E-state index contributed by atoms with van der Waals surface area (Å²) in [5.74, 6) is 0.760. The van der Waals surface area contributed by atoms with Crippen LogP contribution in [0.5, 0.6) is 0 Å². The molecule has 0 radical (unpaired) electrons. The Labute approximate surface area is 140 Å². The molecule has 1 heterocycles. The Balaban J connectivity index is 2.02. The van der Waals surface area contributed by atoms with Gasteiger partial charge in [-0.2, -0.15) is 0 Å². The van der Waals surface area contributed by atoms with Gasteiger partial charge in [-0.15, -0.1) is 11.8 Å². The van der Waals surface area contributed by atoms with Crippen LogP contribution in [0.15, 0.2) is 45.8 Å². The Bertz CT molecular complexity index is 723. The van der Waals surface area contributed by atoms with Gasteiger partial charge in [-0.1, -0.05) is 27.5 Å². The van der Waals surface area contributed by atoms with Gasteiger partial charge in [0, 0.05) is 27.4 Å². The largest absolute Gasteiger partial charge is 0.399 e. The van der Waals surface area contributed by atoms with Gasteiger partial charge in [0.1, 0.15) is 0 Å². The van der Waals surface area contributed by atoms with Crippen LogP contribution < -0.4 is 10.6 Å². The molecule has 1 aliphatic rings. The Morgan fingerprint density at radius 3 is 2.86 bits per heavy atom. The van der Waals surface area contributed by atoms with E-state index in [0.29, 0.717) is 22.8 Å². The summed E-state index contributed by atoms with van der Waals surface area (Å²) in [7, 11) is 0. The number of carbonyl (C=O) groups excluding carboxylic acids is 1. The highest BCUT2D eigenvalue weighted by molar-refractivity contribution is 9.10. The second-order valence-electron chi connectivity index (χ2n) is 4.66. The maximum atomic E-state index is 12.8. The molecule has 0 aliphatic carbocycles. The first-order chi connectivity index (χ1) is 10.1. The number of carbonyl (C=O) groups is 1. The van der Waals surface area contributed by atoms with Crippen molar-refractivity contribution in [3.05, 3.63) is 51.5 Å². The van der Waals surface area contributed by atoms with Crippen molar-refractivity contribution < 1.29 is 4.79 Å². The molecular weight excluding hydrogens is 372 g/mol. The molecule has 0 spiro atoms. The first-order valence-corrected chi connectivity index (χ1v) is 8.51. The van der Waals surface area contributed by atoms with Crippen molar-refractivity contribution in [3.8, 4) is 0 Å². The molecule has 21 heavy (non-hydrogen) atoms. The van der Waals surface area contributed by atoms with E-state index in [1.165, 1.54) is 0 Å². The first kappa shape index (κ1) is 14.8. The van der Waals surface area contributed by atoms with Crippen molar-refractivity contribution in [2.45, 2.75) is 4.90 Å². The quantitative estimate of drug-likeness (QED) is 0.741. The van der Waals surface area contributed by atoms with E-state index < -0.39 is 0 Å². The maximum absolute atomic E-state index is 12.8. The molecule has 0 fully saturated rings. The minimum atomic E-state index is -0.0975. The second-order valence-corrected chi connectivity index (χ2v) is 7.12. The van der Waals surface area contributed by atoms with Crippen molar-refractivity contribution in [3.63, 3.8) is 0 Å². The number of nitrogens with zero attached hydrogens (tertiary/aromatic N) is 1. The standard InChI is InChI=1S/C15H12BrClN2OS/c16-9-1-3-11(12(17)7-9)15(20)19-5-6-21-14-4-2-10(18)8-13(14)19/h1-4,7-8H,5-6,18H2. The molecule has 6 heteroatoms. The monoisotopic (exact) mass is 382 g/mol. The molecular formula is C15H12BrClN2OS. The zero-order chi connectivity index (χ0) is 15.0. The van der Waals surface area contributed by atoms with Gasteiger partial charge in [0.05, 0.1) is 16.3 Å². The van der Waals surface area contributed by atoms with Crippen LogP contribution in [0, 0.1) is 0 Å². The van der Waals surface area contributed by atoms with Gasteiger partial charge in [0.25, 0.3) is 5.91 Å². The third-order valence-corrected chi connectivity index (χ3v) is 5.10. The lowest BCUT2D eigenvalue weighted by Crippen LogP contribution is -2.35. The summed E-state index contributed by atoms with van der Waals surface area (Å²) >= 11 is 11.3. The lowest BCUT2D eigenvalue weighted by Gasteiger charge is -2.29. The molecule has 0 atom stereocenters. The number of amides is 1. The van der Waals surface area contributed by atoms with Gasteiger partial charge in [-0.05, 0) is 36.4 Å². The Morgan fingerprint density at radius 2 is 2.10 bits per heavy atom. The summed E-state index contributed by atoms with van der Waals surface area (Å²) in [4.78, 5) is 15.6. The van der Waals surface area contributed by atoms with E-state index in [9.17, 15) is 4.79 Å². The molecule has 108 valence electrons. The number of fused-ring (bicyclic) bond motifs is 1. The van der Waals surface area contributed by atoms with Crippen LogP contribution in [0.4, 0.5) is 11.4 Å². The molecule has 1 amide bonds. The normalized spacial score (nSPS) is 13.9. The molecule has 2 aromatic carbocycles. The topological polar surface area (TPSA) is 46.3 Å². The summed E-state index contributed by atoms with van der Waals surface area (Å²) in [5, 5.41) is 0.443. The van der Waals surface area contributed by atoms with E-state index >= 15 is 0 Å². The van der Waals surface area contributed by atoms with Gasteiger partial charge >= 0.3 is 0 Å². The number of hydrogen-bond acceptors (Lipinski definition) is 3. The van der Waals surface area contributed by atoms with Crippen LogP contribution in [0.1, 0.15) is 10.4 Å². The molecule has 0 bridgehead atoms. The maximum Gasteiger partial charge on any atom is 0.259 e. The zero-order valence-electron chi connectivity index (χ0n) is 11.0. The van der Waals surface area contributed by atoms with Gasteiger partial charge in [0.2, 0.25) is 0 Å². The average Bonchev–Trinajstić information content (AvgIpc) is 2.46. The number of nitrogen functional groups attached to an aromatic ring is 1. The zero-order valence-corrected chi connectivity index (χ0v) is 14.1. The summed E-state index contributed by atoms with van der Waals surface area (Å²) in [5.41, 5.74) is 7.86. The molecule has 2 aromatic rings. The highest BCUT2D eigenvalue weighted by Gasteiger charge is 2.25. The SMILES string of the molecule is Nc1ccc2c(c1)N(C(=O)c1ccc(Br)cc1Cl)CCS2. The second kappa shape index (κ2) is 5.91. The highest BCUT2D eigenvalue weighted by Crippen LogP contribution is 2.37. The van der Waals surface area contributed by atoms with E-state index in [1.807, 2.05) is 24.3 Å². The molecule has 2 N–H and O–H groups in total. The predicted octanol–water partition coefficient (Wildman–Crippen LogP) is 4.44. The molecule has 0 saturated carbocycles. The number of rotatable bonds is 1. The number of nitrogens with two attached hydrogens (primary N) is 1. The van der Waals surface area contributed by atoms with Crippen LogP contribution in [-0.2, 0) is 0 Å². The molecule has 3 nitrogen and oxygen atoms in total. The molecule has 0 aromatic heterocycles. The number of anilines is 2. The van der Waals surface area contributed by atoms with Crippen LogP contribution in [0.3, 0.4) is 0 Å². The summed E-state index contributed by atoms with van der Waals surface area (Å²) in [6.45, 7) is 0.645. The Hall–Kier alpha value is -1.17. The third kappa shape index (κ3) is 2.91. The first-order valence-electron chi connectivity index (χ1n) is 6.35. The number of halogens is 2. The number of thioether (sulfide) groups is 1. The summed E-state index contributed by atoms with van der Waals surface area (Å²) < 4.78 is 0.850. The highest BCUT2D eigenvalue weighted by atomic mass is 79.9. The fourth-order valence-corrected chi connectivity index (χ4v) is 3.98. The van der Waals surface area contributed by atoms with Crippen molar-refractivity contribution >= 4 is 56.6 Å². The lowest BCUT2D eigenvalue weighted by molar-refractivity contribution is 0.0988.